The van der Waals surface area contributed by atoms with Crippen LogP contribution in [0.3, 0.4) is 0 Å². The Hall–Kier alpha value is -2.61. The van der Waals surface area contributed by atoms with Gasteiger partial charge in [0, 0.05) is 11.0 Å². The zero-order valence-corrected chi connectivity index (χ0v) is 23.5. The molecule has 5 nitrogen and oxygen atoms in total. The molecule has 0 radical (unpaired) electrons. The van der Waals surface area contributed by atoms with Crippen molar-refractivity contribution in [2.75, 3.05) is 6.61 Å². The fourth-order valence-corrected chi connectivity index (χ4v) is 8.91. The second kappa shape index (κ2) is 8.19. The molecule has 0 aliphatic heterocycles. The first-order chi connectivity index (χ1) is 17.3. The first kappa shape index (κ1) is 26.0. The number of hydrogen-bond acceptors (Lipinski definition) is 5. The molecule has 5 aliphatic carbocycles. The number of carbonyl (C=O) groups is 2. The molecular weight excluding hydrogens is 462 g/mol. The predicted molar refractivity (Wildman–Crippen MR) is 142 cm³/mol. The maximum absolute atomic E-state index is 13.2. The van der Waals surface area contributed by atoms with Gasteiger partial charge in [-0.1, -0.05) is 45.4 Å². The normalized spacial score (nSPS) is 42.6. The van der Waals surface area contributed by atoms with Crippen molar-refractivity contribution in [3.05, 3.63) is 46.3 Å². The number of fused-ring (bicyclic) bond motifs is 7. The molecule has 198 valence electrons. The summed E-state index contributed by atoms with van der Waals surface area (Å²) in [5.41, 5.74) is 3.96. The van der Waals surface area contributed by atoms with Crippen molar-refractivity contribution in [2.24, 2.45) is 33.0 Å². The summed E-state index contributed by atoms with van der Waals surface area (Å²) in [7, 11) is 0. The second-order valence-corrected chi connectivity index (χ2v) is 13.5. The molecule has 0 aromatic carbocycles. The van der Waals surface area contributed by atoms with E-state index in [1.807, 2.05) is 6.92 Å². The van der Waals surface area contributed by atoms with E-state index >= 15 is 0 Å². The molecule has 0 spiro atoms. The maximum atomic E-state index is 13.2. The average molecular weight is 504 g/mol. The highest BCUT2D eigenvalue weighted by atomic mass is 16.7. The second-order valence-electron chi connectivity index (χ2n) is 13.5. The topological polar surface area (TPSA) is 76.4 Å². The molecule has 0 unspecified atom stereocenters. The van der Waals surface area contributed by atoms with Crippen molar-refractivity contribution < 1.29 is 19.1 Å². The van der Waals surface area contributed by atoms with Gasteiger partial charge < -0.3 is 9.47 Å². The standard InChI is InChI=1S/C32H41NO4/c1-8-36-27(35)37-26-20(2)21-9-10-24-30(5,22(21)17-23(26)34)14-16-32(7)25-18-28(3,19-33)11-12-29(25,4)13-15-31(24,32)6/h9-10,17,25H,8,11-16,18H2,1-7H3/t25-,28-,29-,30+,31-,32+/m1/s1. The summed E-state index contributed by atoms with van der Waals surface area (Å²) >= 11 is 0. The molecule has 0 amide bonds. The highest BCUT2D eigenvalue weighted by Gasteiger charge is 2.66. The van der Waals surface area contributed by atoms with Crippen molar-refractivity contribution >= 4 is 11.9 Å². The van der Waals surface area contributed by atoms with E-state index in [2.05, 4.69) is 52.8 Å². The van der Waals surface area contributed by atoms with Crippen LogP contribution in [0, 0.1) is 44.3 Å². The van der Waals surface area contributed by atoms with Crippen molar-refractivity contribution in [3.8, 4) is 6.07 Å². The number of hydrogen-bond donors (Lipinski definition) is 0. The number of carbonyl (C=O) groups excluding carboxylic acids is 2. The smallest absolute Gasteiger partial charge is 0.434 e. The Bertz CT molecular complexity index is 1250. The molecule has 6 atom stereocenters. The minimum atomic E-state index is -0.844. The summed E-state index contributed by atoms with van der Waals surface area (Å²) in [6.45, 7) is 15.6. The molecule has 0 bridgehead atoms. The van der Waals surface area contributed by atoms with Gasteiger partial charge in [-0.25, -0.2) is 4.79 Å². The Morgan fingerprint density at radius 2 is 1.76 bits per heavy atom. The van der Waals surface area contributed by atoms with Crippen LogP contribution < -0.4 is 0 Å². The Morgan fingerprint density at radius 1 is 1.05 bits per heavy atom. The van der Waals surface area contributed by atoms with Crippen LogP contribution in [0.15, 0.2) is 46.3 Å². The highest BCUT2D eigenvalue weighted by Crippen LogP contribution is 2.75. The molecule has 5 aliphatic rings. The lowest BCUT2D eigenvalue weighted by Gasteiger charge is -2.69. The van der Waals surface area contributed by atoms with Gasteiger partial charge in [0.05, 0.1) is 18.1 Å². The molecule has 5 rings (SSSR count). The van der Waals surface area contributed by atoms with E-state index in [9.17, 15) is 14.9 Å². The van der Waals surface area contributed by atoms with E-state index in [1.165, 1.54) is 12.0 Å². The molecule has 5 heteroatoms. The number of nitriles is 1. The van der Waals surface area contributed by atoms with Crippen molar-refractivity contribution in [1.82, 2.24) is 0 Å². The molecule has 0 saturated heterocycles. The van der Waals surface area contributed by atoms with Gasteiger partial charge in [-0.05, 0) is 105 Å². The summed E-state index contributed by atoms with van der Waals surface area (Å²) in [6.07, 6.45) is 12.7. The SMILES string of the molecule is CCOC(=O)OC1=C(C)C2=CC=C3[C@@](C)(CC[C@@]4(C)[C@@H]5C[C@](C)(C#N)CC[C@]5(C)CC[C@]34C)C2=CC1=O. The van der Waals surface area contributed by atoms with Crippen molar-refractivity contribution in [3.63, 3.8) is 0 Å². The van der Waals surface area contributed by atoms with Crippen LogP contribution in [-0.4, -0.2) is 18.5 Å². The van der Waals surface area contributed by atoms with E-state index < -0.39 is 6.16 Å². The van der Waals surface area contributed by atoms with Gasteiger partial charge in [-0.15, -0.1) is 0 Å². The van der Waals surface area contributed by atoms with Crippen molar-refractivity contribution in [2.45, 2.75) is 93.4 Å². The quantitative estimate of drug-likeness (QED) is 0.360. The number of nitrogens with zero attached hydrogens (tertiary/aromatic N) is 1. The summed E-state index contributed by atoms with van der Waals surface area (Å²) in [6, 6.07) is 2.67. The average Bonchev–Trinajstić information content (AvgIpc) is 2.85. The lowest BCUT2D eigenvalue weighted by molar-refractivity contribution is -0.155. The zero-order chi connectivity index (χ0) is 27.0. The van der Waals surface area contributed by atoms with E-state index in [0.717, 1.165) is 49.7 Å². The first-order valence-electron chi connectivity index (χ1n) is 13.9. The molecule has 3 fully saturated rings. The minimum absolute atomic E-state index is 0.0247. The van der Waals surface area contributed by atoms with Gasteiger partial charge in [0.1, 0.15) is 0 Å². The summed E-state index contributed by atoms with van der Waals surface area (Å²) in [5, 5.41) is 10.0. The van der Waals surface area contributed by atoms with Crippen LogP contribution in [0.1, 0.15) is 93.4 Å². The Morgan fingerprint density at radius 3 is 2.43 bits per heavy atom. The fraction of sp³-hybridized carbons (Fsp3) is 0.656. The van der Waals surface area contributed by atoms with E-state index in [1.54, 1.807) is 13.0 Å². The monoisotopic (exact) mass is 503 g/mol. The predicted octanol–water partition coefficient (Wildman–Crippen LogP) is 7.75. The summed E-state index contributed by atoms with van der Waals surface area (Å²) < 4.78 is 10.3. The Kier molecular flexibility index (Phi) is 5.76. The van der Waals surface area contributed by atoms with Crippen LogP contribution in [-0.2, 0) is 14.3 Å². The van der Waals surface area contributed by atoms with Crippen LogP contribution >= 0.6 is 0 Å². The van der Waals surface area contributed by atoms with Gasteiger partial charge in [-0.3, -0.25) is 4.79 Å². The first-order valence-corrected chi connectivity index (χ1v) is 13.9. The molecule has 0 heterocycles. The van der Waals surface area contributed by atoms with Gasteiger partial charge >= 0.3 is 6.16 Å². The third kappa shape index (κ3) is 3.47. The van der Waals surface area contributed by atoms with Gasteiger partial charge in [0.25, 0.3) is 0 Å². The number of allylic oxidation sites excluding steroid dienone is 7. The number of rotatable bonds is 2. The Balaban J connectivity index is 1.58. The third-order valence-corrected chi connectivity index (χ3v) is 11.6. The molecule has 0 aromatic heterocycles. The van der Waals surface area contributed by atoms with Crippen LogP contribution in [0.5, 0.6) is 0 Å². The third-order valence-electron chi connectivity index (χ3n) is 11.6. The van der Waals surface area contributed by atoms with Gasteiger partial charge in [0.15, 0.2) is 5.76 Å². The van der Waals surface area contributed by atoms with E-state index in [0.29, 0.717) is 11.5 Å². The number of ketones is 1. The lowest BCUT2D eigenvalue weighted by atomic mass is 9.34. The number of ether oxygens (including phenoxy) is 2. The fourth-order valence-electron chi connectivity index (χ4n) is 8.91. The van der Waals surface area contributed by atoms with E-state index in [4.69, 9.17) is 9.47 Å². The minimum Gasteiger partial charge on any atom is -0.434 e. The molecule has 3 saturated carbocycles. The van der Waals surface area contributed by atoms with Crippen molar-refractivity contribution in [1.29, 1.82) is 5.26 Å². The largest absolute Gasteiger partial charge is 0.513 e. The molecule has 37 heavy (non-hydrogen) atoms. The summed E-state index contributed by atoms with van der Waals surface area (Å²) in [4.78, 5) is 25.2. The Labute approximate surface area is 221 Å². The van der Waals surface area contributed by atoms with E-state index in [-0.39, 0.29) is 45.2 Å². The van der Waals surface area contributed by atoms with Gasteiger partial charge in [0.2, 0.25) is 5.78 Å². The van der Waals surface area contributed by atoms with Crippen LogP contribution in [0.25, 0.3) is 0 Å². The van der Waals surface area contributed by atoms with Crippen LogP contribution in [0.4, 0.5) is 4.79 Å². The molecule has 0 aromatic rings. The zero-order valence-electron chi connectivity index (χ0n) is 23.5. The summed E-state index contributed by atoms with van der Waals surface area (Å²) in [5.74, 6) is 0.278. The molecule has 0 N–H and O–H groups in total. The lowest BCUT2D eigenvalue weighted by Crippen LogP contribution is -2.61. The maximum Gasteiger partial charge on any atom is 0.513 e. The van der Waals surface area contributed by atoms with Gasteiger partial charge in [-0.2, -0.15) is 5.26 Å². The highest BCUT2D eigenvalue weighted by molar-refractivity contribution is 6.08. The van der Waals surface area contributed by atoms with Crippen LogP contribution in [0.2, 0.25) is 0 Å². The molecular formula is C32H41NO4.